The Labute approximate surface area is 89.7 Å². The van der Waals surface area contributed by atoms with Gasteiger partial charge in [-0.1, -0.05) is 13.8 Å². The van der Waals surface area contributed by atoms with Gasteiger partial charge < -0.3 is 20.1 Å². The number of rotatable bonds is 6. The number of esters is 1. The first-order chi connectivity index (χ1) is 6.93. The number of hydrogen-bond donors (Lipinski definition) is 3. The summed E-state index contributed by atoms with van der Waals surface area (Å²) in [6.45, 7) is 3.56. The van der Waals surface area contributed by atoms with Crippen molar-refractivity contribution in [2.24, 2.45) is 11.8 Å². The van der Waals surface area contributed by atoms with Crippen molar-refractivity contribution in [1.29, 1.82) is 0 Å². The van der Waals surface area contributed by atoms with Crippen LogP contribution in [0.2, 0.25) is 0 Å². The smallest absolute Gasteiger partial charge is 0.337 e. The average molecular weight is 220 g/mol. The molecular formula is C10H20O5. The largest absolute Gasteiger partial charge is 0.467 e. The van der Waals surface area contributed by atoms with Crippen molar-refractivity contribution in [3.05, 3.63) is 0 Å². The maximum atomic E-state index is 10.9. The van der Waals surface area contributed by atoms with Crippen LogP contribution in [-0.2, 0) is 9.53 Å². The molecule has 0 unspecified atom stereocenters. The molecular weight excluding hydrogens is 200 g/mol. The van der Waals surface area contributed by atoms with E-state index in [-0.39, 0.29) is 18.4 Å². The van der Waals surface area contributed by atoms with Gasteiger partial charge in [0.2, 0.25) is 0 Å². The molecule has 3 N–H and O–H groups in total. The van der Waals surface area contributed by atoms with Crippen molar-refractivity contribution in [3.8, 4) is 0 Å². The van der Waals surface area contributed by atoms with Gasteiger partial charge in [0.25, 0.3) is 0 Å². The minimum Gasteiger partial charge on any atom is -0.467 e. The summed E-state index contributed by atoms with van der Waals surface area (Å²) >= 11 is 0. The van der Waals surface area contributed by atoms with Crippen molar-refractivity contribution >= 4 is 5.97 Å². The Bertz CT molecular complexity index is 194. The average Bonchev–Trinajstić information content (AvgIpc) is 2.25. The summed E-state index contributed by atoms with van der Waals surface area (Å²) < 4.78 is 4.32. The van der Waals surface area contributed by atoms with Gasteiger partial charge in [0.05, 0.1) is 13.2 Å². The molecule has 0 heterocycles. The van der Waals surface area contributed by atoms with Gasteiger partial charge in [-0.3, -0.25) is 0 Å². The third-order valence-corrected chi connectivity index (χ3v) is 2.44. The van der Waals surface area contributed by atoms with Gasteiger partial charge in [-0.05, 0) is 18.3 Å². The highest BCUT2D eigenvalue weighted by atomic mass is 16.5. The molecule has 0 saturated heterocycles. The van der Waals surface area contributed by atoms with Crippen LogP contribution in [0.15, 0.2) is 0 Å². The lowest BCUT2D eigenvalue weighted by molar-refractivity contribution is -0.158. The summed E-state index contributed by atoms with van der Waals surface area (Å²) in [4.78, 5) is 10.9. The fourth-order valence-electron chi connectivity index (χ4n) is 1.42. The fourth-order valence-corrected chi connectivity index (χ4v) is 1.42. The summed E-state index contributed by atoms with van der Waals surface area (Å²) in [6.07, 6.45) is -2.14. The molecule has 15 heavy (non-hydrogen) atoms. The first kappa shape index (κ1) is 14.3. The van der Waals surface area contributed by atoms with Gasteiger partial charge in [-0.2, -0.15) is 0 Å². The van der Waals surface area contributed by atoms with Gasteiger partial charge in [-0.25, -0.2) is 4.79 Å². The standard InChI is InChI=1S/C10H20O5/c1-6(5-11)4-7(2)8(12)9(13)10(14)15-3/h6-9,11-13H,4-5H2,1-3H3/t6-,7+,8-,9-/m0/s1. The van der Waals surface area contributed by atoms with Crippen LogP contribution in [0.25, 0.3) is 0 Å². The monoisotopic (exact) mass is 220 g/mol. The lowest BCUT2D eigenvalue weighted by Crippen LogP contribution is -2.39. The number of carbonyl (C=O) groups is 1. The molecule has 0 aliphatic heterocycles. The molecule has 0 amide bonds. The number of carbonyl (C=O) groups excluding carboxylic acids is 1. The van der Waals surface area contributed by atoms with Gasteiger partial charge in [-0.15, -0.1) is 0 Å². The maximum Gasteiger partial charge on any atom is 0.337 e. The molecule has 0 spiro atoms. The SMILES string of the molecule is COC(=O)[C@@H](O)[C@@H](O)[C@H](C)C[C@H](C)CO. The summed E-state index contributed by atoms with van der Waals surface area (Å²) in [5.41, 5.74) is 0. The maximum absolute atomic E-state index is 10.9. The van der Waals surface area contributed by atoms with Gasteiger partial charge in [0.15, 0.2) is 6.10 Å². The second kappa shape index (κ2) is 6.76. The van der Waals surface area contributed by atoms with Crippen LogP contribution < -0.4 is 0 Å². The molecule has 0 fully saturated rings. The second-order valence-electron chi connectivity index (χ2n) is 3.96. The predicted molar refractivity (Wildman–Crippen MR) is 54.1 cm³/mol. The van der Waals surface area contributed by atoms with E-state index in [1.54, 1.807) is 6.92 Å². The first-order valence-corrected chi connectivity index (χ1v) is 4.98. The number of hydrogen-bond acceptors (Lipinski definition) is 5. The van der Waals surface area contributed by atoms with Crippen molar-refractivity contribution in [2.45, 2.75) is 32.5 Å². The van der Waals surface area contributed by atoms with Crippen molar-refractivity contribution < 1.29 is 24.9 Å². The number of methoxy groups -OCH3 is 1. The van der Waals surface area contributed by atoms with Crippen molar-refractivity contribution in [2.75, 3.05) is 13.7 Å². The van der Waals surface area contributed by atoms with Crippen LogP contribution in [0.4, 0.5) is 0 Å². The molecule has 5 heteroatoms. The van der Waals surface area contributed by atoms with E-state index in [2.05, 4.69) is 4.74 Å². The van der Waals surface area contributed by atoms with E-state index in [0.717, 1.165) is 7.11 Å². The Kier molecular flexibility index (Phi) is 6.47. The number of aliphatic hydroxyl groups is 3. The molecule has 0 aromatic rings. The Balaban J connectivity index is 4.18. The quantitative estimate of drug-likeness (QED) is 0.527. The van der Waals surface area contributed by atoms with Crippen LogP contribution in [0.1, 0.15) is 20.3 Å². The van der Waals surface area contributed by atoms with Crippen LogP contribution in [0.5, 0.6) is 0 Å². The highest BCUT2D eigenvalue weighted by Gasteiger charge is 2.30. The highest BCUT2D eigenvalue weighted by molar-refractivity contribution is 5.74. The zero-order chi connectivity index (χ0) is 12.0. The van der Waals surface area contributed by atoms with Crippen LogP contribution in [0.3, 0.4) is 0 Å². The number of aliphatic hydroxyl groups excluding tert-OH is 3. The molecule has 0 aromatic heterocycles. The first-order valence-electron chi connectivity index (χ1n) is 4.98. The zero-order valence-corrected chi connectivity index (χ0v) is 9.38. The van der Waals surface area contributed by atoms with E-state index < -0.39 is 18.2 Å². The zero-order valence-electron chi connectivity index (χ0n) is 9.38. The Morgan fingerprint density at radius 1 is 1.33 bits per heavy atom. The summed E-state index contributed by atoms with van der Waals surface area (Å²) in [5.74, 6) is -1.09. The van der Waals surface area contributed by atoms with Crippen LogP contribution in [-0.4, -0.2) is 47.2 Å². The Morgan fingerprint density at radius 3 is 2.27 bits per heavy atom. The third-order valence-electron chi connectivity index (χ3n) is 2.44. The van der Waals surface area contributed by atoms with Gasteiger partial charge in [0.1, 0.15) is 0 Å². The highest BCUT2D eigenvalue weighted by Crippen LogP contribution is 2.17. The molecule has 0 saturated carbocycles. The lowest BCUT2D eigenvalue weighted by Gasteiger charge is -2.23. The molecule has 5 nitrogen and oxygen atoms in total. The van der Waals surface area contributed by atoms with E-state index in [0.29, 0.717) is 6.42 Å². The van der Waals surface area contributed by atoms with E-state index >= 15 is 0 Å². The van der Waals surface area contributed by atoms with E-state index in [1.165, 1.54) is 0 Å². The topological polar surface area (TPSA) is 87.0 Å². The van der Waals surface area contributed by atoms with Gasteiger partial charge >= 0.3 is 5.97 Å². The third kappa shape index (κ3) is 4.59. The van der Waals surface area contributed by atoms with Crippen LogP contribution >= 0.6 is 0 Å². The molecule has 0 aliphatic carbocycles. The molecule has 4 atom stereocenters. The molecule has 0 radical (unpaired) electrons. The minimum absolute atomic E-state index is 0.0192. The summed E-state index contributed by atoms with van der Waals surface area (Å²) in [5, 5.41) is 27.8. The second-order valence-corrected chi connectivity index (χ2v) is 3.96. The molecule has 90 valence electrons. The van der Waals surface area contributed by atoms with E-state index in [9.17, 15) is 15.0 Å². The van der Waals surface area contributed by atoms with E-state index in [4.69, 9.17) is 5.11 Å². The molecule has 0 bridgehead atoms. The normalized spacial score (nSPS) is 19.1. The summed E-state index contributed by atoms with van der Waals surface area (Å²) in [6, 6.07) is 0. The molecule has 0 aliphatic rings. The van der Waals surface area contributed by atoms with Crippen LogP contribution in [0, 0.1) is 11.8 Å². The Morgan fingerprint density at radius 2 is 1.87 bits per heavy atom. The lowest BCUT2D eigenvalue weighted by atomic mass is 9.90. The van der Waals surface area contributed by atoms with Crippen molar-refractivity contribution in [3.63, 3.8) is 0 Å². The minimum atomic E-state index is -1.52. The molecule has 0 aromatic carbocycles. The van der Waals surface area contributed by atoms with Crippen molar-refractivity contribution in [1.82, 2.24) is 0 Å². The molecule has 0 rings (SSSR count). The van der Waals surface area contributed by atoms with E-state index in [1.807, 2.05) is 6.92 Å². The fraction of sp³-hybridized carbons (Fsp3) is 0.900. The van der Waals surface area contributed by atoms with Gasteiger partial charge in [0, 0.05) is 6.61 Å². The Hall–Kier alpha value is -0.650. The summed E-state index contributed by atoms with van der Waals surface area (Å²) in [7, 11) is 1.15. The number of ether oxygens (including phenoxy) is 1. The predicted octanol–water partition coefficient (Wildman–Crippen LogP) is -0.464.